The number of aldehydes is 1. The van der Waals surface area contributed by atoms with E-state index in [4.69, 9.17) is 22.1 Å². The van der Waals surface area contributed by atoms with Crippen molar-refractivity contribution in [2.24, 2.45) is 0 Å². The maximum atomic E-state index is 10.6. The molecular formula is C23H26ClN5O3. The summed E-state index contributed by atoms with van der Waals surface area (Å²) in [6, 6.07) is 11.4. The van der Waals surface area contributed by atoms with Gasteiger partial charge in [0, 0.05) is 43.1 Å². The van der Waals surface area contributed by atoms with Crippen molar-refractivity contribution in [3.8, 4) is 11.3 Å². The van der Waals surface area contributed by atoms with Crippen LogP contribution in [0.2, 0.25) is 0 Å². The number of anilines is 2. The molecule has 4 N–H and O–H groups in total. The van der Waals surface area contributed by atoms with Crippen molar-refractivity contribution in [2.75, 3.05) is 24.0 Å². The molecule has 8 nitrogen and oxygen atoms in total. The Morgan fingerprint density at radius 1 is 1.25 bits per heavy atom. The Kier molecular flexibility index (Phi) is 8.49. The Labute approximate surface area is 191 Å². The van der Waals surface area contributed by atoms with Gasteiger partial charge in [-0.3, -0.25) is 9.78 Å². The second kappa shape index (κ2) is 11.5. The fourth-order valence-corrected chi connectivity index (χ4v) is 3.63. The zero-order valence-corrected chi connectivity index (χ0v) is 18.4. The summed E-state index contributed by atoms with van der Waals surface area (Å²) in [6.45, 7) is 0. The van der Waals surface area contributed by atoms with E-state index in [1.807, 2.05) is 43.4 Å². The van der Waals surface area contributed by atoms with E-state index in [1.54, 1.807) is 18.6 Å². The molecule has 3 heterocycles. The van der Waals surface area contributed by atoms with E-state index < -0.39 is 0 Å². The molecule has 4 rings (SSSR count). The topological polar surface area (TPSA) is 123 Å². The number of pyridine rings is 1. The monoisotopic (exact) mass is 455 g/mol. The van der Waals surface area contributed by atoms with E-state index in [9.17, 15) is 9.90 Å². The zero-order chi connectivity index (χ0) is 22.9. The van der Waals surface area contributed by atoms with Crippen molar-refractivity contribution in [3.63, 3.8) is 0 Å². The molecule has 3 atom stereocenters. The number of halogens is 1. The largest absolute Gasteiger partial charge is 0.393 e. The summed E-state index contributed by atoms with van der Waals surface area (Å²) in [5.41, 5.74) is 9.16. The standard InChI is InChI=1S/C12H17ClN2O2.C11H9N3O/c1-14-11-7-15-3-2-10(11)12-5-8(16)4-9(6-13)17-12;12-11-10(7-15)14-9(6-13-11)8-4-2-1-3-5-8/h2-3,7-9,12,14,16H,4-6H2,1H3;1-7H,(H2,12,13). The second-order valence-corrected chi connectivity index (χ2v) is 7.56. The SMILES string of the molecule is CNc1cnccc1C1CC(O)CC(CCl)O1.Nc1ncc(-c2ccccc2)nc1C=O. The predicted molar refractivity (Wildman–Crippen MR) is 125 cm³/mol. The molecule has 0 aliphatic carbocycles. The predicted octanol–water partition coefficient (Wildman–Crippen LogP) is 3.48. The molecule has 0 bridgehead atoms. The molecule has 0 radical (unpaired) electrons. The number of rotatable bonds is 5. The maximum Gasteiger partial charge on any atom is 0.172 e. The molecule has 0 amide bonds. The van der Waals surface area contributed by atoms with Crippen molar-refractivity contribution in [1.82, 2.24) is 15.0 Å². The van der Waals surface area contributed by atoms with Crippen LogP contribution in [-0.2, 0) is 4.74 Å². The number of hydrogen-bond donors (Lipinski definition) is 3. The van der Waals surface area contributed by atoms with Gasteiger partial charge in [0.2, 0.25) is 0 Å². The average molecular weight is 456 g/mol. The summed E-state index contributed by atoms with van der Waals surface area (Å²) in [6.07, 6.45) is 6.32. The molecule has 1 aromatic carbocycles. The van der Waals surface area contributed by atoms with Gasteiger partial charge in [0.15, 0.2) is 12.1 Å². The maximum absolute atomic E-state index is 10.6. The van der Waals surface area contributed by atoms with Crippen LogP contribution >= 0.6 is 11.6 Å². The minimum atomic E-state index is -0.352. The number of nitrogen functional groups attached to an aromatic ring is 1. The van der Waals surface area contributed by atoms with Gasteiger partial charge in [-0.2, -0.15) is 0 Å². The molecule has 32 heavy (non-hydrogen) atoms. The van der Waals surface area contributed by atoms with Gasteiger partial charge in [-0.25, -0.2) is 9.97 Å². The third kappa shape index (κ3) is 6.00. The molecule has 3 unspecified atom stereocenters. The van der Waals surface area contributed by atoms with Crippen molar-refractivity contribution >= 4 is 29.4 Å². The summed E-state index contributed by atoms with van der Waals surface area (Å²) in [5, 5.41) is 12.9. The van der Waals surface area contributed by atoms with E-state index in [0.717, 1.165) is 16.8 Å². The smallest absolute Gasteiger partial charge is 0.172 e. The first-order valence-corrected chi connectivity index (χ1v) is 10.7. The number of alkyl halides is 1. The summed E-state index contributed by atoms with van der Waals surface area (Å²) in [4.78, 5) is 22.7. The number of aliphatic hydroxyl groups is 1. The lowest BCUT2D eigenvalue weighted by atomic mass is 9.96. The molecule has 9 heteroatoms. The quantitative estimate of drug-likeness (QED) is 0.394. The molecule has 168 valence electrons. The Hall–Kier alpha value is -3.07. The molecule has 1 aliphatic heterocycles. The van der Waals surface area contributed by atoms with Crippen LogP contribution < -0.4 is 11.1 Å². The lowest BCUT2D eigenvalue weighted by molar-refractivity contribution is -0.0878. The normalized spacial score (nSPS) is 20.0. The number of hydrogen-bond acceptors (Lipinski definition) is 8. The molecule has 1 fully saturated rings. The Morgan fingerprint density at radius 3 is 2.72 bits per heavy atom. The number of nitrogens with one attached hydrogen (secondary N) is 1. The van der Waals surface area contributed by atoms with E-state index in [1.165, 1.54) is 0 Å². The van der Waals surface area contributed by atoms with Crippen LogP contribution in [0.4, 0.5) is 11.5 Å². The molecular weight excluding hydrogens is 430 g/mol. The van der Waals surface area contributed by atoms with E-state index >= 15 is 0 Å². The highest BCUT2D eigenvalue weighted by Crippen LogP contribution is 2.35. The molecule has 2 aromatic heterocycles. The molecule has 0 spiro atoms. The first kappa shape index (κ1) is 23.6. The Bertz CT molecular complexity index is 1020. The van der Waals surface area contributed by atoms with Gasteiger partial charge < -0.3 is 20.9 Å². The van der Waals surface area contributed by atoms with Gasteiger partial charge in [0.25, 0.3) is 0 Å². The van der Waals surface area contributed by atoms with Crippen LogP contribution in [0.3, 0.4) is 0 Å². The van der Waals surface area contributed by atoms with Gasteiger partial charge in [0.1, 0.15) is 5.69 Å². The third-order valence-corrected chi connectivity index (χ3v) is 5.38. The number of aliphatic hydroxyl groups excluding tert-OH is 1. The number of aromatic nitrogens is 3. The Morgan fingerprint density at radius 2 is 2.03 bits per heavy atom. The van der Waals surface area contributed by atoms with Crippen LogP contribution in [-0.4, -0.2) is 51.5 Å². The number of nitrogens with two attached hydrogens (primary N) is 1. The second-order valence-electron chi connectivity index (χ2n) is 7.25. The fourth-order valence-electron chi connectivity index (χ4n) is 3.43. The highest BCUT2D eigenvalue weighted by atomic mass is 35.5. The molecule has 1 saturated heterocycles. The first-order valence-electron chi connectivity index (χ1n) is 10.2. The highest BCUT2D eigenvalue weighted by Gasteiger charge is 2.30. The lowest BCUT2D eigenvalue weighted by Crippen LogP contribution is -2.32. The molecule has 0 saturated carbocycles. The van der Waals surface area contributed by atoms with E-state index in [2.05, 4.69) is 20.3 Å². The van der Waals surface area contributed by atoms with E-state index in [0.29, 0.717) is 30.7 Å². The van der Waals surface area contributed by atoms with Gasteiger partial charge >= 0.3 is 0 Å². The van der Waals surface area contributed by atoms with Gasteiger partial charge in [-0.1, -0.05) is 30.3 Å². The highest BCUT2D eigenvalue weighted by molar-refractivity contribution is 6.18. The van der Waals surface area contributed by atoms with Crippen molar-refractivity contribution in [2.45, 2.75) is 31.2 Å². The van der Waals surface area contributed by atoms with Gasteiger partial charge in [-0.05, 0) is 6.07 Å². The van der Waals surface area contributed by atoms with E-state index in [-0.39, 0.29) is 29.8 Å². The molecule has 1 aliphatic rings. The summed E-state index contributed by atoms with van der Waals surface area (Å²) < 4.78 is 5.87. The van der Waals surface area contributed by atoms with Gasteiger partial charge in [0.05, 0.1) is 42.1 Å². The number of ether oxygens (including phenoxy) is 1. The van der Waals surface area contributed by atoms with Crippen molar-refractivity contribution in [3.05, 3.63) is 66.2 Å². The number of carbonyl (C=O) groups excluding carboxylic acids is 1. The van der Waals surface area contributed by atoms with Crippen LogP contribution in [0.25, 0.3) is 11.3 Å². The van der Waals surface area contributed by atoms with Crippen molar-refractivity contribution in [1.29, 1.82) is 0 Å². The first-order chi connectivity index (χ1) is 15.5. The zero-order valence-electron chi connectivity index (χ0n) is 17.7. The Balaban J connectivity index is 0.000000182. The van der Waals surface area contributed by atoms with Crippen LogP contribution in [0.15, 0.2) is 55.0 Å². The number of benzene rings is 1. The third-order valence-electron chi connectivity index (χ3n) is 5.03. The number of carbonyl (C=O) groups is 1. The minimum Gasteiger partial charge on any atom is -0.393 e. The summed E-state index contributed by atoms with van der Waals surface area (Å²) in [7, 11) is 1.85. The van der Waals surface area contributed by atoms with Crippen LogP contribution in [0.1, 0.15) is 35.0 Å². The number of nitrogens with zero attached hydrogens (tertiary/aromatic N) is 3. The average Bonchev–Trinajstić information content (AvgIpc) is 2.84. The van der Waals surface area contributed by atoms with Crippen molar-refractivity contribution < 1.29 is 14.6 Å². The summed E-state index contributed by atoms with van der Waals surface area (Å²) in [5.74, 6) is 0.567. The molecule has 3 aromatic rings. The van der Waals surface area contributed by atoms with Crippen LogP contribution in [0, 0.1) is 0 Å². The minimum absolute atomic E-state index is 0.0803. The fraction of sp³-hybridized carbons (Fsp3) is 0.304. The van der Waals surface area contributed by atoms with Crippen LogP contribution in [0.5, 0.6) is 0 Å². The lowest BCUT2D eigenvalue weighted by Gasteiger charge is -2.33. The summed E-state index contributed by atoms with van der Waals surface area (Å²) >= 11 is 5.81. The van der Waals surface area contributed by atoms with Gasteiger partial charge in [-0.15, -0.1) is 11.6 Å².